The smallest absolute Gasteiger partial charge is 0.297 e. The van der Waals surface area contributed by atoms with Crippen LogP contribution < -0.4 is 16.0 Å². The van der Waals surface area contributed by atoms with Crippen molar-refractivity contribution < 1.29 is 9.21 Å². The maximum absolute atomic E-state index is 11.6. The molecule has 19 heavy (non-hydrogen) atoms. The van der Waals surface area contributed by atoms with Crippen LogP contribution in [0.15, 0.2) is 22.6 Å². The molecule has 2 aromatic rings. The van der Waals surface area contributed by atoms with Crippen molar-refractivity contribution in [1.82, 2.24) is 4.98 Å². The molecule has 0 aliphatic heterocycles. The topological polar surface area (TPSA) is 84.4 Å². The van der Waals surface area contributed by atoms with Gasteiger partial charge in [-0.15, -0.1) is 0 Å². The van der Waals surface area contributed by atoms with Crippen molar-refractivity contribution in [3.05, 3.63) is 18.2 Å². The highest BCUT2D eigenvalue weighted by Crippen LogP contribution is 2.23. The minimum atomic E-state index is -0.0406. The lowest BCUT2D eigenvalue weighted by Crippen LogP contribution is -2.13. The Labute approximate surface area is 111 Å². The van der Waals surface area contributed by atoms with E-state index in [0.29, 0.717) is 36.7 Å². The zero-order valence-corrected chi connectivity index (χ0v) is 11.1. The van der Waals surface area contributed by atoms with Crippen LogP contribution in [0.4, 0.5) is 11.7 Å². The van der Waals surface area contributed by atoms with Gasteiger partial charge in [0.15, 0.2) is 5.58 Å². The van der Waals surface area contributed by atoms with Crippen LogP contribution >= 0.6 is 0 Å². The number of hydrogen-bond donors (Lipinski definition) is 2. The molecular formula is C13H18N4O2. The molecule has 0 saturated carbocycles. The Morgan fingerprint density at radius 1 is 1.47 bits per heavy atom. The Balaban J connectivity index is 2.14. The van der Waals surface area contributed by atoms with Crippen molar-refractivity contribution in [3.63, 3.8) is 0 Å². The van der Waals surface area contributed by atoms with Crippen LogP contribution in [0.25, 0.3) is 11.1 Å². The van der Waals surface area contributed by atoms with Crippen LogP contribution in [0.2, 0.25) is 0 Å². The molecule has 0 atom stereocenters. The van der Waals surface area contributed by atoms with Crippen LogP contribution in [-0.4, -0.2) is 31.5 Å². The Morgan fingerprint density at radius 3 is 2.95 bits per heavy atom. The molecule has 102 valence electrons. The van der Waals surface area contributed by atoms with Gasteiger partial charge >= 0.3 is 0 Å². The first kappa shape index (κ1) is 13.4. The SMILES string of the molecule is CN(C)c1nc2cc(NC(=O)CCCN)ccc2o1. The monoisotopic (exact) mass is 262 g/mol. The zero-order valence-electron chi connectivity index (χ0n) is 11.1. The number of rotatable bonds is 5. The van der Waals surface area contributed by atoms with E-state index >= 15 is 0 Å². The highest BCUT2D eigenvalue weighted by Gasteiger charge is 2.09. The summed E-state index contributed by atoms with van der Waals surface area (Å²) < 4.78 is 5.54. The second-order valence-corrected chi connectivity index (χ2v) is 4.51. The number of carbonyl (C=O) groups is 1. The fourth-order valence-electron chi connectivity index (χ4n) is 1.67. The van der Waals surface area contributed by atoms with Gasteiger partial charge in [-0.1, -0.05) is 0 Å². The first-order chi connectivity index (χ1) is 9.10. The molecule has 6 heteroatoms. The second kappa shape index (κ2) is 5.71. The summed E-state index contributed by atoms with van der Waals surface area (Å²) in [5.41, 5.74) is 7.50. The number of fused-ring (bicyclic) bond motifs is 1. The van der Waals surface area contributed by atoms with Gasteiger partial charge in [-0.2, -0.15) is 4.98 Å². The lowest BCUT2D eigenvalue weighted by Gasteiger charge is -2.03. The van der Waals surface area contributed by atoms with Gasteiger partial charge in [-0.3, -0.25) is 4.79 Å². The molecule has 0 bridgehead atoms. The molecule has 3 N–H and O–H groups in total. The van der Waals surface area contributed by atoms with Crippen molar-refractivity contribution >= 4 is 28.7 Å². The van der Waals surface area contributed by atoms with Gasteiger partial charge in [0.05, 0.1) is 0 Å². The van der Waals surface area contributed by atoms with Gasteiger partial charge < -0.3 is 20.4 Å². The number of benzene rings is 1. The lowest BCUT2D eigenvalue weighted by atomic mass is 10.2. The predicted molar refractivity (Wildman–Crippen MR) is 75.3 cm³/mol. The number of anilines is 2. The molecule has 1 aromatic heterocycles. The molecule has 1 amide bonds. The fraction of sp³-hybridized carbons (Fsp3) is 0.385. The summed E-state index contributed by atoms with van der Waals surface area (Å²) in [4.78, 5) is 17.7. The van der Waals surface area contributed by atoms with Crippen LogP contribution in [0.1, 0.15) is 12.8 Å². The average molecular weight is 262 g/mol. The molecule has 2 rings (SSSR count). The molecule has 1 heterocycles. The molecule has 0 unspecified atom stereocenters. The summed E-state index contributed by atoms with van der Waals surface area (Å²) in [6.45, 7) is 0.516. The van der Waals surface area contributed by atoms with Crippen LogP contribution in [0.3, 0.4) is 0 Å². The van der Waals surface area contributed by atoms with E-state index in [4.69, 9.17) is 10.2 Å². The highest BCUT2D eigenvalue weighted by atomic mass is 16.4. The summed E-state index contributed by atoms with van der Waals surface area (Å²) in [5, 5.41) is 2.82. The van der Waals surface area contributed by atoms with Crippen LogP contribution in [0.5, 0.6) is 0 Å². The Morgan fingerprint density at radius 2 is 2.26 bits per heavy atom. The Bertz CT molecular complexity index is 577. The maximum atomic E-state index is 11.6. The van der Waals surface area contributed by atoms with Crippen LogP contribution in [0, 0.1) is 0 Å². The minimum Gasteiger partial charge on any atom is -0.423 e. The van der Waals surface area contributed by atoms with Gasteiger partial charge in [0.25, 0.3) is 6.01 Å². The molecule has 0 aliphatic carbocycles. The number of amides is 1. The number of hydrogen-bond acceptors (Lipinski definition) is 5. The van der Waals surface area contributed by atoms with E-state index in [1.54, 1.807) is 23.1 Å². The van der Waals surface area contributed by atoms with E-state index in [0.717, 1.165) is 5.52 Å². The Kier molecular flexibility index (Phi) is 4.01. The summed E-state index contributed by atoms with van der Waals surface area (Å²) in [7, 11) is 3.72. The number of nitrogens with one attached hydrogen (secondary N) is 1. The number of nitrogens with two attached hydrogens (primary N) is 1. The maximum Gasteiger partial charge on any atom is 0.297 e. The molecule has 6 nitrogen and oxygen atoms in total. The standard InChI is InChI=1S/C13H18N4O2/c1-17(2)13-16-10-8-9(5-6-11(10)19-13)15-12(18)4-3-7-14/h5-6,8H,3-4,7,14H2,1-2H3,(H,15,18). The molecule has 0 radical (unpaired) electrons. The number of oxazole rings is 1. The third-order valence-electron chi connectivity index (χ3n) is 2.65. The van der Waals surface area contributed by atoms with Crippen molar-refractivity contribution in [1.29, 1.82) is 0 Å². The molecule has 0 aliphatic rings. The normalized spacial score (nSPS) is 10.7. The molecule has 1 aromatic carbocycles. The average Bonchev–Trinajstić information content (AvgIpc) is 2.79. The molecular weight excluding hydrogens is 244 g/mol. The minimum absolute atomic E-state index is 0.0406. The summed E-state index contributed by atoms with van der Waals surface area (Å²) in [6.07, 6.45) is 1.11. The van der Waals surface area contributed by atoms with E-state index in [9.17, 15) is 4.79 Å². The van der Waals surface area contributed by atoms with Crippen molar-refractivity contribution in [2.45, 2.75) is 12.8 Å². The number of aromatic nitrogens is 1. The molecule has 0 saturated heterocycles. The third-order valence-corrected chi connectivity index (χ3v) is 2.65. The first-order valence-corrected chi connectivity index (χ1v) is 6.18. The van der Waals surface area contributed by atoms with Gasteiger partial charge in [-0.25, -0.2) is 0 Å². The van der Waals surface area contributed by atoms with Gasteiger partial charge in [0.2, 0.25) is 5.91 Å². The number of nitrogens with zero attached hydrogens (tertiary/aromatic N) is 2. The van der Waals surface area contributed by atoms with E-state index in [2.05, 4.69) is 10.3 Å². The second-order valence-electron chi connectivity index (χ2n) is 4.51. The highest BCUT2D eigenvalue weighted by molar-refractivity contribution is 5.92. The first-order valence-electron chi connectivity index (χ1n) is 6.18. The summed E-state index contributed by atoms with van der Waals surface area (Å²) in [6, 6.07) is 5.94. The lowest BCUT2D eigenvalue weighted by molar-refractivity contribution is -0.116. The van der Waals surface area contributed by atoms with E-state index in [-0.39, 0.29) is 5.91 Å². The van der Waals surface area contributed by atoms with Gasteiger partial charge in [-0.05, 0) is 31.2 Å². The van der Waals surface area contributed by atoms with Crippen LogP contribution in [-0.2, 0) is 4.79 Å². The third kappa shape index (κ3) is 3.23. The van der Waals surface area contributed by atoms with E-state index in [1.807, 2.05) is 14.1 Å². The molecule has 0 spiro atoms. The number of carbonyl (C=O) groups excluding carboxylic acids is 1. The summed E-state index contributed by atoms with van der Waals surface area (Å²) >= 11 is 0. The largest absolute Gasteiger partial charge is 0.423 e. The zero-order chi connectivity index (χ0) is 13.8. The summed E-state index contributed by atoms with van der Waals surface area (Å²) in [5.74, 6) is -0.0406. The van der Waals surface area contributed by atoms with E-state index < -0.39 is 0 Å². The van der Waals surface area contributed by atoms with Gasteiger partial charge in [0, 0.05) is 26.2 Å². The van der Waals surface area contributed by atoms with Gasteiger partial charge in [0.1, 0.15) is 5.52 Å². The van der Waals surface area contributed by atoms with Crippen molar-refractivity contribution in [3.8, 4) is 0 Å². The van der Waals surface area contributed by atoms with Crippen molar-refractivity contribution in [2.24, 2.45) is 5.73 Å². The quantitative estimate of drug-likeness (QED) is 0.854. The predicted octanol–water partition coefficient (Wildman–Crippen LogP) is 1.57. The van der Waals surface area contributed by atoms with E-state index in [1.165, 1.54) is 0 Å². The van der Waals surface area contributed by atoms with Crippen molar-refractivity contribution in [2.75, 3.05) is 30.9 Å². The molecule has 0 fully saturated rings. The Hall–Kier alpha value is -2.08. The fourth-order valence-corrected chi connectivity index (χ4v) is 1.67.